The summed E-state index contributed by atoms with van der Waals surface area (Å²) in [5.41, 5.74) is 0. The van der Waals surface area contributed by atoms with E-state index in [4.69, 9.17) is 9.47 Å². The van der Waals surface area contributed by atoms with E-state index in [-0.39, 0.29) is 6.29 Å². The Hall–Kier alpha value is -0.0800. The van der Waals surface area contributed by atoms with Crippen molar-refractivity contribution < 1.29 is 9.47 Å². The van der Waals surface area contributed by atoms with Gasteiger partial charge in [0.1, 0.15) is 0 Å². The predicted octanol–water partition coefficient (Wildman–Crippen LogP) is 1.16. The summed E-state index contributed by atoms with van der Waals surface area (Å²) in [7, 11) is 0. The van der Waals surface area contributed by atoms with Crippen LogP contribution in [0, 0.1) is 5.92 Å². The summed E-state index contributed by atoms with van der Waals surface area (Å²) in [5, 5.41) is 0. The van der Waals surface area contributed by atoms with Gasteiger partial charge >= 0.3 is 0 Å². The SMILES string of the molecule is CC1CC[C@H]2CO[C@@H]1O2. The topological polar surface area (TPSA) is 18.5 Å². The molecule has 52 valence electrons. The largest absolute Gasteiger partial charge is 0.350 e. The van der Waals surface area contributed by atoms with Gasteiger partial charge in [0.2, 0.25) is 0 Å². The zero-order chi connectivity index (χ0) is 6.27. The summed E-state index contributed by atoms with van der Waals surface area (Å²) in [6, 6.07) is 0. The minimum absolute atomic E-state index is 0.128. The molecule has 0 aromatic rings. The van der Waals surface area contributed by atoms with Crippen molar-refractivity contribution in [2.75, 3.05) is 6.61 Å². The summed E-state index contributed by atoms with van der Waals surface area (Å²) in [4.78, 5) is 0. The molecule has 0 saturated carbocycles. The molecule has 0 aliphatic carbocycles. The van der Waals surface area contributed by atoms with E-state index in [0.29, 0.717) is 12.0 Å². The second kappa shape index (κ2) is 1.96. The Balaban J connectivity index is 2.05. The molecule has 0 aromatic heterocycles. The van der Waals surface area contributed by atoms with Crippen molar-refractivity contribution in [2.45, 2.75) is 32.2 Å². The number of fused-ring (bicyclic) bond motifs is 2. The van der Waals surface area contributed by atoms with Crippen LogP contribution in [-0.2, 0) is 9.47 Å². The first kappa shape index (κ1) is 5.69. The molecule has 3 atom stereocenters. The maximum absolute atomic E-state index is 5.49. The maximum atomic E-state index is 5.49. The van der Waals surface area contributed by atoms with E-state index >= 15 is 0 Å². The highest BCUT2D eigenvalue weighted by Gasteiger charge is 2.34. The molecule has 2 bridgehead atoms. The lowest BCUT2D eigenvalue weighted by Crippen LogP contribution is -2.25. The van der Waals surface area contributed by atoms with Gasteiger partial charge < -0.3 is 9.47 Å². The Bertz CT molecular complexity index is 113. The lowest BCUT2D eigenvalue weighted by atomic mass is 10.0. The molecule has 0 radical (unpaired) electrons. The summed E-state index contributed by atoms with van der Waals surface area (Å²) in [5.74, 6) is 0.615. The Labute approximate surface area is 55.1 Å². The van der Waals surface area contributed by atoms with Crippen molar-refractivity contribution in [1.82, 2.24) is 0 Å². The molecule has 2 heterocycles. The van der Waals surface area contributed by atoms with Crippen LogP contribution in [0.3, 0.4) is 0 Å². The van der Waals surface area contributed by atoms with Crippen LogP contribution in [0.5, 0.6) is 0 Å². The standard InChI is InChI=1S/C7H12O2/c1-5-2-3-6-4-8-7(5)9-6/h5-7H,2-4H2,1H3/t5?,6-,7+/m0/s1. The quantitative estimate of drug-likeness (QED) is 0.487. The summed E-state index contributed by atoms with van der Waals surface area (Å²) >= 11 is 0. The van der Waals surface area contributed by atoms with Crippen molar-refractivity contribution in [1.29, 1.82) is 0 Å². The van der Waals surface area contributed by atoms with Crippen LogP contribution in [-0.4, -0.2) is 19.0 Å². The van der Waals surface area contributed by atoms with Gasteiger partial charge in [0.15, 0.2) is 6.29 Å². The zero-order valence-electron chi connectivity index (χ0n) is 5.67. The number of rotatable bonds is 0. The molecule has 9 heavy (non-hydrogen) atoms. The molecule has 2 nitrogen and oxygen atoms in total. The molecule has 2 heteroatoms. The van der Waals surface area contributed by atoms with Crippen molar-refractivity contribution in [3.63, 3.8) is 0 Å². The van der Waals surface area contributed by atoms with Crippen molar-refractivity contribution >= 4 is 0 Å². The van der Waals surface area contributed by atoms with E-state index in [0.717, 1.165) is 6.61 Å². The van der Waals surface area contributed by atoms with Gasteiger partial charge in [-0.25, -0.2) is 0 Å². The molecular weight excluding hydrogens is 116 g/mol. The van der Waals surface area contributed by atoms with Gasteiger partial charge in [0.05, 0.1) is 12.7 Å². The highest BCUT2D eigenvalue weighted by atomic mass is 16.7. The molecule has 2 fully saturated rings. The van der Waals surface area contributed by atoms with Crippen LogP contribution in [0.2, 0.25) is 0 Å². The number of ether oxygens (including phenoxy) is 2. The number of hydrogen-bond donors (Lipinski definition) is 0. The van der Waals surface area contributed by atoms with Crippen LogP contribution < -0.4 is 0 Å². The van der Waals surface area contributed by atoms with E-state index in [1.807, 2.05) is 0 Å². The molecule has 2 aliphatic heterocycles. The van der Waals surface area contributed by atoms with Crippen LogP contribution in [0.15, 0.2) is 0 Å². The minimum Gasteiger partial charge on any atom is -0.350 e. The predicted molar refractivity (Wildman–Crippen MR) is 33.0 cm³/mol. The fourth-order valence-corrected chi connectivity index (χ4v) is 1.51. The van der Waals surface area contributed by atoms with E-state index in [2.05, 4.69) is 6.92 Å². The van der Waals surface area contributed by atoms with Gasteiger partial charge in [-0.15, -0.1) is 0 Å². The fraction of sp³-hybridized carbons (Fsp3) is 1.00. The smallest absolute Gasteiger partial charge is 0.160 e. The molecule has 2 saturated heterocycles. The molecular formula is C7H12O2. The first-order chi connectivity index (χ1) is 4.36. The van der Waals surface area contributed by atoms with Crippen LogP contribution in [0.1, 0.15) is 19.8 Å². The van der Waals surface area contributed by atoms with E-state index in [1.165, 1.54) is 12.8 Å². The lowest BCUT2D eigenvalue weighted by molar-refractivity contribution is -0.115. The van der Waals surface area contributed by atoms with E-state index < -0.39 is 0 Å². The van der Waals surface area contributed by atoms with E-state index in [9.17, 15) is 0 Å². The molecule has 0 N–H and O–H groups in total. The van der Waals surface area contributed by atoms with Crippen LogP contribution in [0.25, 0.3) is 0 Å². The third kappa shape index (κ3) is 0.864. The molecule has 0 aromatic carbocycles. The normalized spacial score (nSPS) is 49.7. The van der Waals surface area contributed by atoms with Crippen molar-refractivity contribution in [3.8, 4) is 0 Å². The van der Waals surface area contributed by atoms with Crippen LogP contribution >= 0.6 is 0 Å². The van der Waals surface area contributed by atoms with Crippen LogP contribution in [0.4, 0.5) is 0 Å². The molecule has 2 aliphatic rings. The number of hydrogen-bond acceptors (Lipinski definition) is 2. The molecule has 0 amide bonds. The van der Waals surface area contributed by atoms with Gasteiger partial charge in [0, 0.05) is 5.92 Å². The maximum Gasteiger partial charge on any atom is 0.160 e. The average Bonchev–Trinajstić information content (AvgIpc) is 2.25. The van der Waals surface area contributed by atoms with Gasteiger partial charge in [-0.05, 0) is 12.8 Å². The van der Waals surface area contributed by atoms with Gasteiger partial charge in [-0.1, -0.05) is 6.92 Å². The minimum atomic E-state index is 0.128. The highest BCUT2D eigenvalue weighted by molar-refractivity contribution is 4.76. The van der Waals surface area contributed by atoms with Crippen molar-refractivity contribution in [2.24, 2.45) is 5.92 Å². The third-order valence-corrected chi connectivity index (χ3v) is 2.18. The monoisotopic (exact) mass is 128 g/mol. The summed E-state index contributed by atoms with van der Waals surface area (Å²) < 4.78 is 10.9. The lowest BCUT2D eigenvalue weighted by Gasteiger charge is -2.23. The van der Waals surface area contributed by atoms with Gasteiger partial charge in [-0.2, -0.15) is 0 Å². The summed E-state index contributed by atoms with van der Waals surface area (Å²) in [6.45, 7) is 3.02. The second-order valence-corrected chi connectivity index (χ2v) is 3.01. The Morgan fingerprint density at radius 3 is 3.00 bits per heavy atom. The molecule has 0 spiro atoms. The van der Waals surface area contributed by atoms with Crippen molar-refractivity contribution in [3.05, 3.63) is 0 Å². The second-order valence-electron chi connectivity index (χ2n) is 3.01. The Morgan fingerprint density at radius 1 is 1.33 bits per heavy atom. The fourth-order valence-electron chi connectivity index (χ4n) is 1.51. The molecule has 2 rings (SSSR count). The first-order valence-electron chi connectivity index (χ1n) is 3.63. The Morgan fingerprint density at radius 2 is 2.22 bits per heavy atom. The van der Waals surface area contributed by atoms with Gasteiger partial charge in [0.25, 0.3) is 0 Å². The summed E-state index contributed by atoms with van der Waals surface area (Å²) in [6.07, 6.45) is 3.02. The third-order valence-electron chi connectivity index (χ3n) is 2.18. The van der Waals surface area contributed by atoms with E-state index in [1.54, 1.807) is 0 Å². The highest BCUT2D eigenvalue weighted by Crippen LogP contribution is 2.30. The first-order valence-corrected chi connectivity index (χ1v) is 3.63. The Kier molecular flexibility index (Phi) is 1.24. The zero-order valence-corrected chi connectivity index (χ0v) is 5.67. The molecule has 1 unspecified atom stereocenters. The average molecular weight is 128 g/mol. The van der Waals surface area contributed by atoms with Gasteiger partial charge in [-0.3, -0.25) is 0 Å².